The van der Waals surface area contributed by atoms with E-state index in [1.165, 1.54) is 0 Å². The smallest absolute Gasteiger partial charge is 0.329 e. The van der Waals surface area contributed by atoms with Gasteiger partial charge in [0.1, 0.15) is 5.54 Å². The Balaban J connectivity index is 2.32. The van der Waals surface area contributed by atoms with Crippen LogP contribution in [0.25, 0.3) is 0 Å². The average molecular weight is 257 g/mol. The van der Waals surface area contributed by atoms with Gasteiger partial charge in [0.15, 0.2) is 0 Å². The standard InChI is InChI=1S/C13H23NO4/c1-10(2)18-9-5-6-11(15)14-13(12(16)17)7-3-4-8-13/h10H,3-9H2,1-2H3,(H,14,15)(H,16,17). The van der Waals surface area contributed by atoms with Crippen molar-refractivity contribution in [3.05, 3.63) is 0 Å². The molecular weight excluding hydrogens is 234 g/mol. The fourth-order valence-corrected chi connectivity index (χ4v) is 2.25. The summed E-state index contributed by atoms with van der Waals surface area (Å²) in [5, 5.41) is 11.9. The van der Waals surface area contributed by atoms with Crippen molar-refractivity contribution in [1.82, 2.24) is 5.32 Å². The molecular formula is C13H23NO4. The number of aliphatic carboxylic acids is 1. The average Bonchev–Trinajstić information content (AvgIpc) is 2.74. The van der Waals surface area contributed by atoms with Gasteiger partial charge in [-0.25, -0.2) is 4.79 Å². The summed E-state index contributed by atoms with van der Waals surface area (Å²) in [4.78, 5) is 23.0. The zero-order valence-corrected chi connectivity index (χ0v) is 11.2. The van der Waals surface area contributed by atoms with Crippen LogP contribution in [-0.2, 0) is 14.3 Å². The molecule has 0 aliphatic heterocycles. The SMILES string of the molecule is CC(C)OCCCC(=O)NC1(C(=O)O)CCCC1. The van der Waals surface area contributed by atoms with Crippen LogP contribution in [0.1, 0.15) is 52.4 Å². The Morgan fingerprint density at radius 1 is 1.33 bits per heavy atom. The van der Waals surface area contributed by atoms with Crippen LogP contribution in [0.15, 0.2) is 0 Å². The summed E-state index contributed by atoms with van der Waals surface area (Å²) in [5.41, 5.74) is -1.02. The predicted octanol–water partition coefficient (Wildman–Crippen LogP) is 1.71. The van der Waals surface area contributed by atoms with Gasteiger partial charge < -0.3 is 15.2 Å². The Kier molecular flexibility index (Phi) is 5.59. The number of amides is 1. The molecule has 0 unspecified atom stereocenters. The van der Waals surface area contributed by atoms with Gasteiger partial charge in [-0.3, -0.25) is 4.79 Å². The molecule has 0 aromatic heterocycles. The lowest BCUT2D eigenvalue weighted by Gasteiger charge is -2.25. The summed E-state index contributed by atoms with van der Waals surface area (Å²) < 4.78 is 5.34. The van der Waals surface area contributed by atoms with Crippen LogP contribution in [0, 0.1) is 0 Å². The molecule has 18 heavy (non-hydrogen) atoms. The van der Waals surface area contributed by atoms with Gasteiger partial charge in [0.2, 0.25) is 5.91 Å². The first-order valence-corrected chi connectivity index (χ1v) is 6.62. The highest BCUT2D eigenvalue weighted by atomic mass is 16.5. The Hall–Kier alpha value is -1.10. The Morgan fingerprint density at radius 2 is 1.94 bits per heavy atom. The van der Waals surface area contributed by atoms with E-state index >= 15 is 0 Å². The third-order valence-electron chi connectivity index (χ3n) is 3.24. The highest BCUT2D eigenvalue weighted by Crippen LogP contribution is 2.29. The highest BCUT2D eigenvalue weighted by molar-refractivity contribution is 5.87. The molecule has 0 aromatic rings. The summed E-state index contributed by atoms with van der Waals surface area (Å²) in [6, 6.07) is 0. The van der Waals surface area contributed by atoms with E-state index in [4.69, 9.17) is 4.74 Å². The molecule has 2 N–H and O–H groups in total. The first kappa shape index (κ1) is 15.0. The lowest BCUT2D eigenvalue weighted by Crippen LogP contribution is -2.52. The molecule has 1 aliphatic rings. The topological polar surface area (TPSA) is 75.6 Å². The highest BCUT2D eigenvalue weighted by Gasteiger charge is 2.42. The summed E-state index contributed by atoms with van der Waals surface area (Å²) >= 11 is 0. The van der Waals surface area contributed by atoms with E-state index in [9.17, 15) is 14.7 Å². The molecule has 1 rings (SSSR count). The first-order valence-electron chi connectivity index (χ1n) is 6.62. The quantitative estimate of drug-likeness (QED) is 0.681. The van der Waals surface area contributed by atoms with Crippen molar-refractivity contribution in [1.29, 1.82) is 0 Å². The number of nitrogens with one attached hydrogen (secondary N) is 1. The van der Waals surface area contributed by atoms with Gasteiger partial charge >= 0.3 is 5.97 Å². The maximum Gasteiger partial charge on any atom is 0.329 e. The number of carbonyl (C=O) groups is 2. The lowest BCUT2D eigenvalue weighted by molar-refractivity contribution is -0.147. The summed E-state index contributed by atoms with van der Waals surface area (Å²) in [6.07, 6.45) is 3.91. The van der Waals surface area contributed by atoms with Gasteiger partial charge in [-0.15, -0.1) is 0 Å². The van der Waals surface area contributed by atoms with E-state index in [0.29, 0.717) is 32.3 Å². The maximum absolute atomic E-state index is 11.7. The fourth-order valence-electron chi connectivity index (χ4n) is 2.25. The van der Waals surface area contributed by atoms with Crippen molar-refractivity contribution < 1.29 is 19.4 Å². The van der Waals surface area contributed by atoms with Gasteiger partial charge in [-0.2, -0.15) is 0 Å². The molecule has 0 heterocycles. The third kappa shape index (κ3) is 4.29. The molecule has 0 spiro atoms. The molecule has 0 radical (unpaired) electrons. The molecule has 1 fully saturated rings. The van der Waals surface area contributed by atoms with Crippen molar-refractivity contribution in [2.24, 2.45) is 0 Å². The number of carboxylic acids is 1. The van der Waals surface area contributed by atoms with Crippen molar-refractivity contribution in [2.75, 3.05) is 6.61 Å². The van der Waals surface area contributed by atoms with Gasteiger partial charge in [0.25, 0.3) is 0 Å². The molecule has 1 aliphatic carbocycles. The van der Waals surface area contributed by atoms with Crippen LogP contribution in [0.3, 0.4) is 0 Å². The van der Waals surface area contributed by atoms with E-state index in [2.05, 4.69) is 5.32 Å². The van der Waals surface area contributed by atoms with Crippen LogP contribution in [0.4, 0.5) is 0 Å². The molecule has 104 valence electrons. The summed E-state index contributed by atoms with van der Waals surface area (Å²) in [6.45, 7) is 4.42. The monoisotopic (exact) mass is 257 g/mol. The van der Waals surface area contributed by atoms with Gasteiger partial charge in [-0.1, -0.05) is 12.8 Å². The zero-order chi connectivity index (χ0) is 13.6. The van der Waals surface area contributed by atoms with Crippen LogP contribution >= 0.6 is 0 Å². The molecule has 0 bridgehead atoms. The molecule has 0 aromatic carbocycles. The van der Waals surface area contributed by atoms with E-state index in [-0.39, 0.29) is 12.0 Å². The Labute approximate surface area is 108 Å². The molecule has 5 nitrogen and oxygen atoms in total. The fraction of sp³-hybridized carbons (Fsp3) is 0.846. The van der Waals surface area contributed by atoms with Gasteiger partial charge in [0, 0.05) is 13.0 Å². The Morgan fingerprint density at radius 3 is 2.44 bits per heavy atom. The molecule has 5 heteroatoms. The third-order valence-corrected chi connectivity index (χ3v) is 3.24. The number of hydrogen-bond acceptors (Lipinski definition) is 3. The molecule has 0 saturated heterocycles. The number of carboxylic acid groups (broad SMARTS) is 1. The van der Waals surface area contributed by atoms with Crippen LogP contribution < -0.4 is 5.32 Å². The molecule has 1 amide bonds. The minimum absolute atomic E-state index is 0.160. The second-order valence-electron chi connectivity index (χ2n) is 5.17. The van der Waals surface area contributed by atoms with E-state index < -0.39 is 11.5 Å². The number of carbonyl (C=O) groups excluding carboxylic acids is 1. The lowest BCUT2D eigenvalue weighted by atomic mass is 9.97. The van der Waals surface area contributed by atoms with Crippen molar-refractivity contribution in [3.63, 3.8) is 0 Å². The summed E-state index contributed by atoms with van der Waals surface area (Å²) in [7, 11) is 0. The van der Waals surface area contributed by atoms with Crippen molar-refractivity contribution >= 4 is 11.9 Å². The molecule has 1 saturated carbocycles. The van der Waals surface area contributed by atoms with Crippen LogP contribution in [-0.4, -0.2) is 35.2 Å². The van der Waals surface area contributed by atoms with Gasteiger partial charge in [-0.05, 0) is 33.1 Å². The molecule has 0 atom stereocenters. The van der Waals surface area contributed by atoms with E-state index in [1.807, 2.05) is 13.8 Å². The van der Waals surface area contributed by atoms with E-state index in [1.54, 1.807) is 0 Å². The van der Waals surface area contributed by atoms with Gasteiger partial charge in [0.05, 0.1) is 6.10 Å². The van der Waals surface area contributed by atoms with Crippen molar-refractivity contribution in [3.8, 4) is 0 Å². The second-order valence-corrected chi connectivity index (χ2v) is 5.17. The zero-order valence-electron chi connectivity index (χ0n) is 11.2. The normalized spacial score (nSPS) is 17.9. The van der Waals surface area contributed by atoms with Crippen LogP contribution in [0.5, 0.6) is 0 Å². The largest absolute Gasteiger partial charge is 0.480 e. The van der Waals surface area contributed by atoms with Crippen molar-refractivity contribution in [2.45, 2.75) is 64.0 Å². The first-order chi connectivity index (χ1) is 8.46. The second kappa shape index (κ2) is 6.73. The summed E-state index contributed by atoms with van der Waals surface area (Å²) in [5.74, 6) is -1.10. The number of ether oxygens (including phenoxy) is 1. The van der Waals surface area contributed by atoms with Crippen LogP contribution in [0.2, 0.25) is 0 Å². The minimum Gasteiger partial charge on any atom is -0.480 e. The maximum atomic E-state index is 11.7. The van der Waals surface area contributed by atoms with E-state index in [0.717, 1.165) is 12.8 Å². The minimum atomic E-state index is -1.02. The number of hydrogen-bond donors (Lipinski definition) is 2. The number of rotatable bonds is 7. The predicted molar refractivity (Wildman–Crippen MR) is 67.3 cm³/mol. The Bertz CT molecular complexity index is 295.